The molecule has 33 heavy (non-hydrogen) atoms. The number of ether oxygens (including phenoxy) is 2. The third kappa shape index (κ3) is 5.06. The molecule has 0 fully saturated rings. The number of oxazole rings is 1. The molecule has 0 aliphatic rings. The lowest BCUT2D eigenvalue weighted by Crippen LogP contribution is -2.10. The van der Waals surface area contributed by atoms with Crippen molar-refractivity contribution >= 4 is 28.8 Å². The van der Waals surface area contributed by atoms with Gasteiger partial charge in [0.05, 0.1) is 5.69 Å². The zero-order chi connectivity index (χ0) is 23.5. The molecule has 0 radical (unpaired) electrons. The summed E-state index contributed by atoms with van der Waals surface area (Å²) in [5.74, 6) is 0.398. The first kappa shape index (κ1) is 22.5. The first-order valence-electron chi connectivity index (χ1n) is 10.4. The molecule has 0 spiro atoms. The Labute approximate surface area is 195 Å². The Morgan fingerprint density at radius 3 is 2.55 bits per heavy atom. The summed E-state index contributed by atoms with van der Waals surface area (Å²) in [6.45, 7) is 5.33. The molecule has 8 nitrogen and oxygen atoms in total. The number of carbonyl (C=O) groups is 1. The Bertz CT molecular complexity index is 1310. The molecule has 2 aromatic heterocycles. The molecule has 0 saturated carbocycles. The van der Waals surface area contributed by atoms with Crippen LogP contribution in [0.2, 0.25) is 5.02 Å². The fraction of sp³-hybridized carbons (Fsp3) is 0.250. The Balaban J connectivity index is 1.72. The van der Waals surface area contributed by atoms with E-state index < -0.39 is 12.6 Å². The van der Waals surface area contributed by atoms with Crippen molar-refractivity contribution < 1.29 is 23.8 Å². The van der Waals surface area contributed by atoms with E-state index in [0.29, 0.717) is 40.1 Å². The average molecular weight is 468 g/mol. The summed E-state index contributed by atoms with van der Waals surface area (Å²) in [4.78, 5) is 24.4. The molecule has 0 saturated heterocycles. The van der Waals surface area contributed by atoms with Gasteiger partial charge in [-0.1, -0.05) is 31.0 Å². The highest BCUT2D eigenvalue weighted by Crippen LogP contribution is 2.33. The molecule has 1 N–H and O–H groups in total. The van der Waals surface area contributed by atoms with Crippen molar-refractivity contribution in [2.45, 2.75) is 33.6 Å². The third-order valence-electron chi connectivity index (χ3n) is 4.85. The first-order chi connectivity index (χ1) is 15.8. The summed E-state index contributed by atoms with van der Waals surface area (Å²) in [5, 5.41) is 9.44. The molecule has 0 atom stereocenters. The van der Waals surface area contributed by atoms with E-state index in [-0.39, 0.29) is 6.01 Å². The summed E-state index contributed by atoms with van der Waals surface area (Å²) >= 11 is 6.04. The molecular formula is C24H22ClN3O5. The minimum Gasteiger partial charge on any atom is -0.481 e. The molecule has 0 unspecified atom stereocenters. The van der Waals surface area contributed by atoms with Gasteiger partial charge in [0.2, 0.25) is 5.89 Å². The Morgan fingerprint density at radius 2 is 1.88 bits per heavy atom. The van der Waals surface area contributed by atoms with Crippen molar-refractivity contribution in [2.24, 2.45) is 0 Å². The second-order valence-corrected chi connectivity index (χ2v) is 7.99. The molecule has 4 rings (SSSR count). The van der Waals surface area contributed by atoms with Gasteiger partial charge in [0.25, 0.3) is 5.71 Å². The van der Waals surface area contributed by atoms with Crippen LogP contribution < -0.4 is 9.47 Å². The number of aryl methyl sites for hydroxylation is 3. The number of nitrogens with zero attached hydrogens (tertiary/aromatic N) is 3. The van der Waals surface area contributed by atoms with Gasteiger partial charge < -0.3 is 19.0 Å². The number of rotatable bonds is 8. The molecule has 0 aliphatic heterocycles. The number of hydrogen-bond acceptors (Lipinski definition) is 7. The fourth-order valence-corrected chi connectivity index (χ4v) is 3.69. The second kappa shape index (κ2) is 9.46. The normalized spacial score (nSPS) is 11.0. The number of fused-ring (bicyclic) bond motifs is 1. The van der Waals surface area contributed by atoms with Crippen molar-refractivity contribution in [2.75, 3.05) is 6.61 Å². The van der Waals surface area contributed by atoms with Gasteiger partial charge in [-0.25, -0.2) is 9.78 Å². The lowest BCUT2D eigenvalue weighted by atomic mass is 10.1. The molecule has 4 aromatic rings. The van der Waals surface area contributed by atoms with E-state index in [0.717, 1.165) is 28.8 Å². The first-order valence-corrected chi connectivity index (χ1v) is 10.8. The molecule has 0 amide bonds. The van der Waals surface area contributed by atoms with Gasteiger partial charge in [0, 0.05) is 10.6 Å². The largest absolute Gasteiger partial charge is 0.481 e. The number of carboxylic acid groups (broad SMARTS) is 1. The highest BCUT2D eigenvalue weighted by atomic mass is 35.5. The van der Waals surface area contributed by atoms with Crippen LogP contribution in [0.1, 0.15) is 30.2 Å². The molecule has 170 valence electrons. The van der Waals surface area contributed by atoms with Crippen LogP contribution in [0.25, 0.3) is 22.7 Å². The highest BCUT2D eigenvalue weighted by molar-refractivity contribution is 6.30. The van der Waals surface area contributed by atoms with Gasteiger partial charge in [0.15, 0.2) is 12.1 Å². The van der Waals surface area contributed by atoms with Crippen LogP contribution in [-0.4, -0.2) is 32.6 Å². The molecule has 2 aromatic carbocycles. The van der Waals surface area contributed by atoms with Gasteiger partial charge in [-0.15, -0.1) is 0 Å². The van der Waals surface area contributed by atoms with Crippen LogP contribution in [0.15, 0.2) is 40.8 Å². The minimum absolute atomic E-state index is 0.153. The van der Waals surface area contributed by atoms with Crippen LogP contribution in [-0.2, 0) is 11.2 Å². The van der Waals surface area contributed by atoms with E-state index in [2.05, 4.69) is 21.9 Å². The second-order valence-electron chi connectivity index (χ2n) is 7.56. The lowest BCUT2D eigenvalue weighted by Gasteiger charge is -2.11. The quantitative estimate of drug-likeness (QED) is 0.348. The number of halogens is 1. The van der Waals surface area contributed by atoms with Crippen molar-refractivity contribution in [3.63, 3.8) is 0 Å². The fourth-order valence-electron chi connectivity index (χ4n) is 3.51. The Kier molecular flexibility index (Phi) is 6.46. The standard InChI is InChI=1S/C24H22ClN3O5/c1-4-6-18-20-23(28-24(26-18)32-17-8-5-7-16(25)11-17)33-22(27-20)15-9-13(2)21(14(3)10-15)31-12-19(29)30/h5,7-11H,4,6,12H2,1-3H3,(H,29,30). The maximum Gasteiger partial charge on any atom is 0.341 e. The third-order valence-corrected chi connectivity index (χ3v) is 5.08. The van der Waals surface area contributed by atoms with Crippen LogP contribution in [0.3, 0.4) is 0 Å². The summed E-state index contributed by atoms with van der Waals surface area (Å²) in [6.07, 6.45) is 1.54. The topological polar surface area (TPSA) is 108 Å². The van der Waals surface area contributed by atoms with E-state index in [1.54, 1.807) is 24.3 Å². The number of aliphatic carboxylic acids is 1. The predicted octanol–water partition coefficient (Wildman–Crippen LogP) is 5.76. The van der Waals surface area contributed by atoms with Gasteiger partial charge >= 0.3 is 12.0 Å². The number of carboxylic acids is 1. The maximum absolute atomic E-state index is 10.8. The van der Waals surface area contributed by atoms with Crippen LogP contribution in [0, 0.1) is 13.8 Å². The van der Waals surface area contributed by atoms with Crippen LogP contribution in [0.4, 0.5) is 0 Å². The highest BCUT2D eigenvalue weighted by Gasteiger charge is 2.19. The van der Waals surface area contributed by atoms with Crippen molar-refractivity contribution in [3.05, 3.63) is 58.2 Å². The Morgan fingerprint density at radius 1 is 1.12 bits per heavy atom. The summed E-state index contributed by atoms with van der Waals surface area (Å²) < 4.78 is 17.2. The molecular weight excluding hydrogens is 446 g/mol. The van der Waals surface area contributed by atoms with Crippen LogP contribution >= 0.6 is 11.6 Å². The van der Waals surface area contributed by atoms with E-state index in [4.69, 9.17) is 30.6 Å². The SMILES string of the molecule is CCCc1nc(Oc2cccc(Cl)c2)nc2oc(-c3cc(C)c(OCC(=O)O)c(C)c3)nc12. The Hall–Kier alpha value is -3.65. The minimum atomic E-state index is -1.03. The van der Waals surface area contributed by atoms with Gasteiger partial charge in [-0.2, -0.15) is 9.97 Å². The average Bonchev–Trinajstić information content (AvgIpc) is 3.17. The number of aromatic nitrogens is 3. The zero-order valence-electron chi connectivity index (χ0n) is 18.4. The molecule has 0 bridgehead atoms. The summed E-state index contributed by atoms with van der Waals surface area (Å²) in [6, 6.07) is 10.8. The van der Waals surface area contributed by atoms with E-state index in [9.17, 15) is 4.79 Å². The van der Waals surface area contributed by atoms with E-state index in [1.807, 2.05) is 26.0 Å². The molecule has 2 heterocycles. The molecule has 0 aliphatic carbocycles. The van der Waals surface area contributed by atoms with E-state index in [1.165, 1.54) is 0 Å². The summed E-state index contributed by atoms with van der Waals surface area (Å²) in [7, 11) is 0. The number of benzene rings is 2. The van der Waals surface area contributed by atoms with Gasteiger partial charge in [0.1, 0.15) is 11.5 Å². The van der Waals surface area contributed by atoms with E-state index >= 15 is 0 Å². The van der Waals surface area contributed by atoms with Gasteiger partial charge in [-0.05, 0) is 61.7 Å². The zero-order valence-corrected chi connectivity index (χ0v) is 19.1. The monoisotopic (exact) mass is 467 g/mol. The van der Waals surface area contributed by atoms with Crippen molar-refractivity contribution in [3.8, 4) is 29.0 Å². The molecule has 9 heteroatoms. The predicted molar refractivity (Wildman–Crippen MR) is 123 cm³/mol. The van der Waals surface area contributed by atoms with Crippen molar-refractivity contribution in [1.82, 2.24) is 15.0 Å². The maximum atomic E-state index is 10.8. The smallest absolute Gasteiger partial charge is 0.341 e. The lowest BCUT2D eigenvalue weighted by molar-refractivity contribution is -0.139. The van der Waals surface area contributed by atoms with Gasteiger partial charge in [-0.3, -0.25) is 0 Å². The van der Waals surface area contributed by atoms with Crippen molar-refractivity contribution in [1.29, 1.82) is 0 Å². The number of hydrogen-bond donors (Lipinski definition) is 1. The summed E-state index contributed by atoms with van der Waals surface area (Å²) in [5.41, 5.74) is 3.90. The van der Waals surface area contributed by atoms with Crippen LogP contribution in [0.5, 0.6) is 17.5 Å².